The number of amides is 2. The number of nitrogens with one attached hydrogen (secondary N) is 2. The zero-order valence-electron chi connectivity index (χ0n) is 14.4. The predicted octanol–water partition coefficient (Wildman–Crippen LogP) is 4.05. The highest BCUT2D eigenvalue weighted by atomic mass is 16.5. The Morgan fingerprint density at radius 2 is 1.73 bits per heavy atom. The number of hydrogen-bond acceptors (Lipinski definition) is 4. The molecule has 0 saturated carbocycles. The molecule has 0 saturated heterocycles. The summed E-state index contributed by atoms with van der Waals surface area (Å²) in [5, 5.41) is 6.31. The summed E-state index contributed by atoms with van der Waals surface area (Å²) in [6, 6.07) is 14.3. The van der Waals surface area contributed by atoms with Crippen LogP contribution in [0.3, 0.4) is 0 Å². The molecule has 3 rings (SSSR count). The monoisotopic (exact) mass is 350 g/mol. The molecule has 0 spiro atoms. The first-order valence-corrected chi connectivity index (χ1v) is 7.98. The van der Waals surface area contributed by atoms with Crippen molar-refractivity contribution < 1.29 is 18.7 Å². The Hall–Kier alpha value is -3.54. The number of para-hydroxylation sites is 1. The maximum Gasteiger partial charge on any atom is 0.248 e. The molecule has 2 N–H and O–H groups in total. The van der Waals surface area contributed by atoms with E-state index >= 15 is 0 Å². The van der Waals surface area contributed by atoms with E-state index < -0.39 is 0 Å². The van der Waals surface area contributed by atoms with Crippen molar-refractivity contribution in [1.82, 2.24) is 0 Å². The molecule has 0 fully saturated rings. The van der Waals surface area contributed by atoms with Crippen LogP contribution >= 0.6 is 0 Å². The molecular weight excluding hydrogens is 332 g/mol. The van der Waals surface area contributed by atoms with E-state index in [1.807, 2.05) is 24.3 Å². The van der Waals surface area contributed by atoms with Crippen LogP contribution in [0, 0.1) is 0 Å². The summed E-state index contributed by atoms with van der Waals surface area (Å²) < 4.78 is 11.0. The highest BCUT2D eigenvalue weighted by molar-refractivity contribution is 6.02. The normalized spacial score (nSPS) is 10.8. The third kappa shape index (κ3) is 4.10. The van der Waals surface area contributed by atoms with Crippen molar-refractivity contribution in [3.8, 4) is 5.75 Å². The Kier molecular flexibility index (Phi) is 5.03. The third-order valence-corrected chi connectivity index (χ3v) is 3.62. The van der Waals surface area contributed by atoms with Crippen LogP contribution in [0.15, 0.2) is 59.0 Å². The predicted molar refractivity (Wildman–Crippen MR) is 101 cm³/mol. The van der Waals surface area contributed by atoms with E-state index in [1.165, 1.54) is 13.0 Å². The molecule has 0 aliphatic heterocycles. The number of methoxy groups -OCH3 is 1. The Morgan fingerprint density at radius 3 is 2.38 bits per heavy atom. The van der Waals surface area contributed by atoms with Gasteiger partial charge in [0.2, 0.25) is 11.8 Å². The van der Waals surface area contributed by atoms with Crippen LogP contribution in [0.4, 0.5) is 11.4 Å². The number of anilines is 2. The van der Waals surface area contributed by atoms with E-state index in [0.29, 0.717) is 28.5 Å². The van der Waals surface area contributed by atoms with Crippen LogP contribution in [-0.2, 0) is 9.59 Å². The van der Waals surface area contributed by atoms with Crippen molar-refractivity contribution >= 4 is 40.2 Å². The Bertz CT molecular complexity index is 971. The molecule has 0 bridgehead atoms. The van der Waals surface area contributed by atoms with E-state index in [4.69, 9.17) is 9.15 Å². The molecule has 2 aromatic carbocycles. The number of rotatable bonds is 5. The lowest BCUT2D eigenvalue weighted by molar-refractivity contribution is -0.114. The zero-order valence-corrected chi connectivity index (χ0v) is 14.4. The number of carbonyl (C=O) groups excluding carboxylic acids is 2. The number of benzene rings is 2. The van der Waals surface area contributed by atoms with Gasteiger partial charge in [0.05, 0.1) is 7.11 Å². The summed E-state index contributed by atoms with van der Waals surface area (Å²) in [6.07, 6.45) is 2.99. The lowest BCUT2D eigenvalue weighted by atomic mass is 10.2. The fourth-order valence-electron chi connectivity index (χ4n) is 2.48. The molecule has 2 amide bonds. The highest BCUT2D eigenvalue weighted by Gasteiger charge is 2.07. The van der Waals surface area contributed by atoms with E-state index in [2.05, 4.69) is 10.6 Å². The van der Waals surface area contributed by atoms with Gasteiger partial charge >= 0.3 is 0 Å². The van der Waals surface area contributed by atoms with Crippen LogP contribution in [0.25, 0.3) is 17.0 Å². The van der Waals surface area contributed by atoms with Gasteiger partial charge in [-0.1, -0.05) is 12.1 Å². The smallest absolute Gasteiger partial charge is 0.248 e. The van der Waals surface area contributed by atoms with Gasteiger partial charge in [0.1, 0.15) is 5.76 Å². The van der Waals surface area contributed by atoms with E-state index in [1.54, 1.807) is 37.5 Å². The topological polar surface area (TPSA) is 80.6 Å². The van der Waals surface area contributed by atoms with Gasteiger partial charge in [0, 0.05) is 29.8 Å². The molecule has 26 heavy (non-hydrogen) atoms. The van der Waals surface area contributed by atoms with E-state index in [9.17, 15) is 9.59 Å². The Morgan fingerprint density at radius 1 is 1.04 bits per heavy atom. The minimum atomic E-state index is -0.287. The van der Waals surface area contributed by atoms with Crippen LogP contribution in [-0.4, -0.2) is 18.9 Å². The summed E-state index contributed by atoms with van der Waals surface area (Å²) in [5.41, 5.74) is 1.94. The maximum absolute atomic E-state index is 12.1. The minimum Gasteiger partial charge on any atom is -0.493 e. The number of furan rings is 1. The highest BCUT2D eigenvalue weighted by Crippen LogP contribution is 2.28. The molecule has 0 unspecified atom stereocenters. The molecule has 6 heteroatoms. The molecule has 0 atom stereocenters. The SMILES string of the molecule is COc1cccc2cc(/C=C/C(=O)Nc3ccc(NC(C)=O)cc3)oc12. The molecule has 0 aliphatic carbocycles. The summed E-state index contributed by atoms with van der Waals surface area (Å²) in [5.74, 6) is 0.767. The second kappa shape index (κ2) is 7.57. The van der Waals surface area contributed by atoms with Gasteiger partial charge in [0.15, 0.2) is 11.3 Å². The summed E-state index contributed by atoms with van der Waals surface area (Å²) in [6.45, 7) is 1.44. The van der Waals surface area contributed by atoms with Gasteiger partial charge in [-0.25, -0.2) is 0 Å². The van der Waals surface area contributed by atoms with Gasteiger partial charge in [-0.2, -0.15) is 0 Å². The summed E-state index contributed by atoms with van der Waals surface area (Å²) in [7, 11) is 1.58. The summed E-state index contributed by atoms with van der Waals surface area (Å²) >= 11 is 0. The third-order valence-electron chi connectivity index (χ3n) is 3.62. The van der Waals surface area contributed by atoms with Gasteiger partial charge in [-0.3, -0.25) is 9.59 Å². The van der Waals surface area contributed by atoms with Gasteiger partial charge < -0.3 is 19.8 Å². The number of hydrogen-bond donors (Lipinski definition) is 2. The zero-order chi connectivity index (χ0) is 18.5. The largest absolute Gasteiger partial charge is 0.493 e. The molecular formula is C20H18N2O4. The molecule has 1 heterocycles. The van der Waals surface area contributed by atoms with Gasteiger partial charge in [-0.15, -0.1) is 0 Å². The fourth-order valence-corrected chi connectivity index (χ4v) is 2.48. The van der Waals surface area contributed by atoms with Gasteiger partial charge in [0.25, 0.3) is 0 Å². The maximum atomic E-state index is 12.1. The van der Waals surface area contributed by atoms with Crippen molar-refractivity contribution in [2.75, 3.05) is 17.7 Å². The second-order valence-electron chi connectivity index (χ2n) is 5.61. The lowest BCUT2D eigenvalue weighted by Gasteiger charge is -2.04. The fraction of sp³-hybridized carbons (Fsp3) is 0.100. The standard InChI is InChI=1S/C20H18N2O4/c1-13(23)21-15-6-8-16(9-7-15)22-19(24)11-10-17-12-14-4-3-5-18(25-2)20(14)26-17/h3-12H,1-2H3,(H,21,23)(H,22,24)/b11-10+. The first-order valence-electron chi connectivity index (χ1n) is 7.98. The minimum absolute atomic E-state index is 0.146. The quantitative estimate of drug-likeness (QED) is 0.680. The van der Waals surface area contributed by atoms with Crippen molar-refractivity contribution in [1.29, 1.82) is 0 Å². The van der Waals surface area contributed by atoms with E-state index in [0.717, 1.165) is 5.39 Å². The molecule has 0 radical (unpaired) electrons. The average molecular weight is 350 g/mol. The summed E-state index contributed by atoms with van der Waals surface area (Å²) in [4.78, 5) is 23.0. The lowest BCUT2D eigenvalue weighted by Crippen LogP contribution is -2.08. The number of fused-ring (bicyclic) bond motifs is 1. The van der Waals surface area contributed by atoms with Crippen molar-refractivity contribution in [2.24, 2.45) is 0 Å². The second-order valence-corrected chi connectivity index (χ2v) is 5.61. The van der Waals surface area contributed by atoms with Crippen LogP contribution < -0.4 is 15.4 Å². The molecule has 3 aromatic rings. The van der Waals surface area contributed by atoms with Crippen LogP contribution in [0.1, 0.15) is 12.7 Å². The van der Waals surface area contributed by atoms with Crippen LogP contribution in [0.5, 0.6) is 5.75 Å². The Labute approximate surface area is 150 Å². The van der Waals surface area contributed by atoms with Crippen molar-refractivity contribution in [3.05, 3.63) is 60.4 Å². The molecule has 1 aromatic heterocycles. The average Bonchev–Trinajstić information content (AvgIpc) is 3.04. The Balaban J connectivity index is 1.67. The van der Waals surface area contributed by atoms with E-state index in [-0.39, 0.29) is 11.8 Å². The van der Waals surface area contributed by atoms with Crippen molar-refractivity contribution in [3.63, 3.8) is 0 Å². The van der Waals surface area contributed by atoms with Crippen molar-refractivity contribution in [2.45, 2.75) is 6.92 Å². The van der Waals surface area contributed by atoms with Crippen LogP contribution in [0.2, 0.25) is 0 Å². The first-order chi connectivity index (χ1) is 12.5. The first kappa shape index (κ1) is 17.3. The molecule has 0 aliphatic rings. The number of carbonyl (C=O) groups is 2. The molecule has 6 nitrogen and oxygen atoms in total. The number of ether oxygens (including phenoxy) is 1. The van der Waals surface area contributed by atoms with Gasteiger partial charge in [-0.05, 0) is 42.5 Å². The molecule has 132 valence electrons.